The summed E-state index contributed by atoms with van der Waals surface area (Å²) in [6.45, 7) is 3.58. The second-order valence-electron chi connectivity index (χ2n) is 4.44. The Morgan fingerprint density at radius 1 is 1.52 bits per heavy atom. The zero-order valence-electron chi connectivity index (χ0n) is 12.0. The lowest BCUT2D eigenvalue weighted by molar-refractivity contribution is -0.385. The normalized spacial score (nSPS) is 13.3. The molecule has 1 aromatic carbocycles. The molecule has 8 heteroatoms. The molecule has 0 saturated carbocycles. The predicted molar refractivity (Wildman–Crippen MR) is 80.4 cm³/mol. The molecule has 1 N–H and O–H groups in total. The van der Waals surface area contributed by atoms with Crippen molar-refractivity contribution in [2.45, 2.75) is 19.4 Å². The van der Waals surface area contributed by atoms with Crippen molar-refractivity contribution >= 4 is 27.6 Å². The molecule has 7 nitrogen and oxygen atoms in total. The number of carbonyl (C=O) groups is 1. The van der Waals surface area contributed by atoms with Gasteiger partial charge in [0.2, 0.25) is 0 Å². The minimum atomic E-state index is -1.04. The first-order valence-electron chi connectivity index (χ1n) is 6.27. The van der Waals surface area contributed by atoms with Gasteiger partial charge >= 0.3 is 5.97 Å². The van der Waals surface area contributed by atoms with Crippen molar-refractivity contribution < 1.29 is 19.2 Å². The maximum atomic E-state index is 11.9. The van der Waals surface area contributed by atoms with Crippen LogP contribution in [0.5, 0.6) is 5.75 Å². The lowest BCUT2D eigenvalue weighted by Crippen LogP contribution is -2.53. The highest BCUT2D eigenvalue weighted by molar-refractivity contribution is 9.10. The van der Waals surface area contributed by atoms with Gasteiger partial charge in [0.25, 0.3) is 5.69 Å². The van der Waals surface area contributed by atoms with E-state index in [2.05, 4.69) is 21.2 Å². The molecule has 0 aliphatic rings. The average Bonchev–Trinajstić information content (AvgIpc) is 2.45. The molecule has 0 bridgehead atoms. The maximum absolute atomic E-state index is 11.9. The van der Waals surface area contributed by atoms with Crippen molar-refractivity contribution in [1.82, 2.24) is 5.32 Å². The molecule has 1 aromatic rings. The molecule has 0 amide bonds. The Bertz CT molecular complexity index is 537. The van der Waals surface area contributed by atoms with Crippen molar-refractivity contribution in [2.24, 2.45) is 0 Å². The first-order chi connectivity index (χ1) is 9.85. The quantitative estimate of drug-likeness (QED) is 0.455. The van der Waals surface area contributed by atoms with E-state index < -0.39 is 16.4 Å². The van der Waals surface area contributed by atoms with Crippen LogP contribution in [0.1, 0.15) is 13.8 Å². The summed E-state index contributed by atoms with van der Waals surface area (Å²) in [5, 5.41) is 13.7. The highest BCUT2D eigenvalue weighted by atomic mass is 79.9. The summed E-state index contributed by atoms with van der Waals surface area (Å²) >= 11 is 3.14. The Morgan fingerprint density at radius 2 is 2.19 bits per heavy atom. The third-order valence-corrected chi connectivity index (χ3v) is 3.73. The van der Waals surface area contributed by atoms with E-state index in [-0.39, 0.29) is 29.1 Å². The van der Waals surface area contributed by atoms with Gasteiger partial charge in [0.05, 0.1) is 11.5 Å². The Kier molecular flexibility index (Phi) is 6.10. The van der Waals surface area contributed by atoms with Crippen molar-refractivity contribution in [3.63, 3.8) is 0 Å². The third kappa shape index (κ3) is 4.15. The van der Waals surface area contributed by atoms with Gasteiger partial charge in [-0.3, -0.25) is 10.1 Å². The molecule has 21 heavy (non-hydrogen) atoms. The molecule has 0 saturated heterocycles. The molecule has 0 aromatic heterocycles. The number of hydrogen-bond acceptors (Lipinski definition) is 6. The van der Waals surface area contributed by atoms with E-state index in [1.807, 2.05) is 0 Å². The third-order valence-electron chi connectivity index (χ3n) is 2.93. The fraction of sp³-hybridized carbons (Fsp3) is 0.462. The molecule has 0 spiro atoms. The highest BCUT2D eigenvalue weighted by Crippen LogP contribution is 2.34. The van der Waals surface area contributed by atoms with Gasteiger partial charge in [-0.1, -0.05) is 6.07 Å². The summed E-state index contributed by atoms with van der Waals surface area (Å²) in [7, 11) is 1.61. The van der Waals surface area contributed by atoms with Crippen molar-refractivity contribution in [3.8, 4) is 5.75 Å². The number of likely N-dealkylation sites (N-methyl/N-ethyl adjacent to an activating group) is 1. The van der Waals surface area contributed by atoms with Crippen LogP contribution in [0.2, 0.25) is 0 Å². The van der Waals surface area contributed by atoms with Crippen molar-refractivity contribution in [2.75, 3.05) is 20.3 Å². The zero-order chi connectivity index (χ0) is 16.0. The number of rotatable bonds is 7. The Hall–Kier alpha value is -1.67. The van der Waals surface area contributed by atoms with Crippen LogP contribution < -0.4 is 10.1 Å². The van der Waals surface area contributed by atoms with Crippen LogP contribution in [0.15, 0.2) is 22.7 Å². The number of esters is 1. The van der Waals surface area contributed by atoms with Gasteiger partial charge in [0.15, 0.2) is 0 Å². The number of halogens is 1. The number of ether oxygens (including phenoxy) is 2. The number of benzene rings is 1. The monoisotopic (exact) mass is 360 g/mol. The maximum Gasteiger partial charge on any atom is 0.329 e. The molecular formula is C13H17BrN2O5. The minimum Gasteiger partial charge on any atom is -0.490 e. The van der Waals surface area contributed by atoms with Crippen LogP contribution in [0.25, 0.3) is 0 Å². The Balaban J connectivity index is 2.89. The van der Waals surface area contributed by atoms with Gasteiger partial charge in [-0.05, 0) is 42.9 Å². The van der Waals surface area contributed by atoms with E-state index in [1.165, 1.54) is 12.1 Å². The molecule has 0 heterocycles. The number of carbonyl (C=O) groups excluding carboxylic acids is 1. The molecule has 0 fully saturated rings. The number of nitro benzene ring substituents is 1. The molecular weight excluding hydrogens is 344 g/mol. The molecule has 1 atom stereocenters. The SMILES string of the molecule is CCOC(=O)C(C)(COc1cccc([N+](=O)[O-])c1Br)NC. The van der Waals surface area contributed by atoms with Crippen LogP contribution in [0, 0.1) is 10.1 Å². The zero-order valence-corrected chi connectivity index (χ0v) is 13.6. The van der Waals surface area contributed by atoms with Crippen LogP contribution in [0.4, 0.5) is 5.69 Å². The molecule has 1 unspecified atom stereocenters. The second-order valence-corrected chi connectivity index (χ2v) is 5.23. The van der Waals surface area contributed by atoms with Crippen LogP contribution in [0.3, 0.4) is 0 Å². The largest absolute Gasteiger partial charge is 0.490 e. The second kappa shape index (κ2) is 7.37. The lowest BCUT2D eigenvalue weighted by atomic mass is 10.1. The average molecular weight is 361 g/mol. The molecule has 0 aliphatic heterocycles. The van der Waals surface area contributed by atoms with E-state index in [4.69, 9.17) is 9.47 Å². The van der Waals surface area contributed by atoms with E-state index in [9.17, 15) is 14.9 Å². The first kappa shape index (κ1) is 17.4. The molecule has 1 rings (SSSR count). The fourth-order valence-corrected chi connectivity index (χ4v) is 2.02. The van der Waals surface area contributed by atoms with Gasteiger partial charge in [-0.25, -0.2) is 4.79 Å². The fourth-order valence-electron chi connectivity index (χ4n) is 1.50. The van der Waals surface area contributed by atoms with E-state index in [0.29, 0.717) is 0 Å². The predicted octanol–water partition coefficient (Wildman–Crippen LogP) is 2.28. The standard InChI is InChI=1S/C13H17BrN2O5/c1-4-20-12(17)13(2,15-3)8-21-10-7-5-6-9(11(10)14)16(18)19/h5-7,15H,4,8H2,1-3H3. The summed E-state index contributed by atoms with van der Waals surface area (Å²) in [4.78, 5) is 22.2. The van der Waals surface area contributed by atoms with Gasteiger partial charge in [-0.15, -0.1) is 0 Å². The number of nitrogens with zero attached hydrogens (tertiary/aromatic N) is 1. The summed E-state index contributed by atoms with van der Waals surface area (Å²) in [5.41, 5.74) is -1.14. The van der Waals surface area contributed by atoms with Gasteiger partial charge < -0.3 is 14.8 Å². The van der Waals surface area contributed by atoms with Gasteiger partial charge in [0.1, 0.15) is 22.4 Å². The van der Waals surface area contributed by atoms with Gasteiger partial charge in [-0.2, -0.15) is 0 Å². The topological polar surface area (TPSA) is 90.7 Å². The summed E-state index contributed by atoms with van der Waals surface area (Å²) < 4.78 is 10.7. The lowest BCUT2D eigenvalue weighted by Gasteiger charge is -2.26. The molecule has 0 aliphatic carbocycles. The van der Waals surface area contributed by atoms with Crippen LogP contribution in [-0.2, 0) is 9.53 Å². The van der Waals surface area contributed by atoms with Crippen LogP contribution >= 0.6 is 15.9 Å². The highest BCUT2D eigenvalue weighted by Gasteiger charge is 2.34. The van der Waals surface area contributed by atoms with Crippen molar-refractivity contribution in [1.29, 1.82) is 0 Å². The van der Waals surface area contributed by atoms with Crippen LogP contribution in [-0.4, -0.2) is 36.7 Å². The number of nitro groups is 1. The summed E-state index contributed by atoms with van der Waals surface area (Å²) in [6.07, 6.45) is 0. The van der Waals surface area contributed by atoms with E-state index in [0.717, 1.165) is 0 Å². The van der Waals surface area contributed by atoms with E-state index in [1.54, 1.807) is 27.0 Å². The first-order valence-corrected chi connectivity index (χ1v) is 7.07. The smallest absolute Gasteiger partial charge is 0.329 e. The van der Waals surface area contributed by atoms with Gasteiger partial charge in [0, 0.05) is 6.07 Å². The molecule has 0 radical (unpaired) electrons. The molecule has 116 valence electrons. The number of nitrogens with one attached hydrogen (secondary N) is 1. The number of hydrogen-bond donors (Lipinski definition) is 1. The van der Waals surface area contributed by atoms with Crippen molar-refractivity contribution in [3.05, 3.63) is 32.8 Å². The summed E-state index contributed by atoms with van der Waals surface area (Å²) in [6, 6.07) is 4.46. The van der Waals surface area contributed by atoms with E-state index >= 15 is 0 Å². The summed E-state index contributed by atoms with van der Waals surface area (Å²) in [5.74, 6) is -0.163. The minimum absolute atomic E-state index is 0.0257. The Morgan fingerprint density at radius 3 is 2.71 bits per heavy atom. The Labute approximate surface area is 130 Å².